The fraction of sp³-hybridized carbons (Fsp3) is 0.450. The Labute approximate surface area is 171 Å². The van der Waals surface area contributed by atoms with Gasteiger partial charge in [0.15, 0.2) is 6.10 Å². The Kier molecular flexibility index (Phi) is 4.37. The lowest BCUT2D eigenvalue weighted by molar-refractivity contribution is -0.179. The maximum atomic E-state index is 13.4. The summed E-state index contributed by atoms with van der Waals surface area (Å²) >= 11 is 0. The first kappa shape index (κ1) is 18.8. The molecule has 1 aliphatic carbocycles. The summed E-state index contributed by atoms with van der Waals surface area (Å²) in [5.74, 6) is -2.89. The van der Waals surface area contributed by atoms with E-state index in [1.54, 1.807) is 17.1 Å². The van der Waals surface area contributed by atoms with E-state index in [1.165, 1.54) is 4.90 Å². The third-order valence-electron chi connectivity index (χ3n) is 5.86. The zero-order valence-corrected chi connectivity index (χ0v) is 16.5. The van der Waals surface area contributed by atoms with Crippen LogP contribution in [0.5, 0.6) is 0 Å². The van der Waals surface area contributed by atoms with E-state index in [2.05, 4.69) is 20.0 Å². The number of nitrogens with one attached hydrogen (secondary N) is 1. The Hall–Kier alpha value is -3.17. The molecule has 5 rings (SSSR count). The summed E-state index contributed by atoms with van der Waals surface area (Å²) in [6.45, 7) is 2.01. The van der Waals surface area contributed by atoms with Crippen LogP contribution in [0.4, 0.5) is 19.3 Å². The van der Waals surface area contributed by atoms with Crippen molar-refractivity contribution in [2.45, 2.75) is 24.9 Å². The number of amides is 1. The molecular weight excluding hydrogens is 394 g/mol. The van der Waals surface area contributed by atoms with Crippen LogP contribution in [0.15, 0.2) is 30.7 Å². The molecule has 0 spiro atoms. The van der Waals surface area contributed by atoms with Gasteiger partial charge < -0.3 is 19.5 Å². The normalized spacial score (nSPS) is 21.0. The first-order valence-corrected chi connectivity index (χ1v) is 9.96. The van der Waals surface area contributed by atoms with Crippen LogP contribution in [-0.2, 0) is 11.8 Å². The van der Waals surface area contributed by atoms with Gasteiger partial charge in [-0.1, -0.05) is 0 Å². The van der Waals surface area contributed by atoms with Crippen LogP contribution in [0.1, 0.15) is 12.8 Å². The Bertz CT molecular complexity index is 1090. The molecule has 1 atom stereocenters. The number of hydrogen-bond acceptors (Lipinski definition) is 5. The number of ether oxygens (including phenoxy) is 1. The summed E-state index contributed by atoms with van der Waals surface area (Å²) in [6.07, 6.45) is 3.55. The quantitative estimate of drug-likeness (QED) is 0.710. The first-order valence-electron chi connectivity index (χ1n) is 9.96. The van der Waals surface area contributed by atoms with Gasteiger partial charge in [-0.3, -0.25) is 4.68 Å². The van der Waals surface area contributed by atoms with Crippen molar-refractivity contribution in [2.75, 3.05) is 31.1 Å². The minimum absolute atomic E-state index is 0.214. The summed E-state index contributed by atoms with van der Waals surface area (Å²) < 4.78 is 33.5. The second-order valence-corrected chi connectivity index (χ2v) is 7.82. The smallest absolute Gasteiger partial charge is 0.410 e. The summed E-state index contributed by atoms with van der Waals surface area (Å²) in [7, 11) is 1.87. The van der Waals surface area contributed by atoms with Gasteiger partial charge in [-0.05, 0) is 18.6 Å². The molecule has 3 aromatic heterocycles. The largest absolute Gasteiger partial charge is 0.440 e. The number of fused-ring (bicyclic) bond motifs is 1. The number of aromatic nitrogens is 4. The van der Waals surface area contributed by atoms with Gasteiger partial charge in [0.25, 0.3) is 5.92 Å². The summed E-state index contributed by atoms with van der Waals surface area (Å²) in [5.41, 5.74) is 3.70. The SMILES string of the molecule is Cn1cc(-c2cc3c(N4CCN(C(=O)O[C@H]5CCC5(F)F)CC4)ccnc3[nH]2)cn1. The van der Waals surface area contributed by atoms with E-state index in [4.69, 9.17) is 4.74 Å². The Balaban J connectivity index is 1.29. The van der Waals surface area contributed by atoms with Crippen molar-refractivity contribution in [3.05, 3.63) is 30.7 Å². The van der Waals surface area contributed by atoms with Crippen molar-refractivity contribution in [1.82, 2.24) is 24.6 Å². The molecule has 1 saturated carbocycles. The van der Waals surface area contributed by atoms with Crippen molar-refractivity contribution in [3.8, 4) is 11.3 Å². The number of H-pyrrole nitrogens is 1. The number of rotatable bonds is 3. The monoisotopic (exact) mass is 416 g/mol. The van der Waals surface area contributed by atoms with Crippen molar-refractivity contribution in [2.24, 2.45) is 7.05 Å². The zero-order valence-electron chi connectivity index (χ0n) is 16.5. The van der Waals surface area contributed by atoms with Crippen LogP contribution >= 0.6 is 0 Å². The Morgan fingerprint density at radius 1 is 1.30 bits per heavy atom. The van der Waals surface area contributed by atoms with E-state index >= 15 is 0 Å². The predicted molar refractivity (Wildman–Crippen MR) is 107 cm³/mol. The second-order valence-electron chi connectivity index (χ2n) is 7.82. The highest BCUT2D eigenvalue weighted by molar-refractivity contribution is 5.93. The fourth-order valence-corrected chi connectivity index (χ4v) is 3.96. The number of aromatic amines is 1. The molecule has 0 bridgehead atoms. The fourth-order valence-electron chi connectivity index (χ4n) is 3.96. The molecule has 30 heavy (non-hydrogen) atoms. The molecule has 1 N–H and O–H groups in total. The molecule has 0 aromatic carbocycles. The molecule has 3 aromatic rings. The van der Waals surface area contributed by atoms with Crippen LogP contribution in [-0.4, -0.2) is 68.9 Å². The zero-order chi connectivity index (χ0) is 20.9. The molecule has 2 fully saturated rings. The van der Waals surface area contributed by atoms with E-state index < -0.39 is 18.1 Å². The lowest BCUT2D eigenvalue weighted by Gasteiger charge is -2.39. The second kappa shape index (κ2) is 6.96. The van der Waals surface area contributed by atoms with E-state index in [0.29, 0.717) is 26.2 Å². The Morgan fingerprint density at radius 3 is 2.73 bits per heavy atom. The number of halogens is 2. The van der Waals surface area contributed by atoms with Gasteiger partial charge in [0, 0.05) is 68.7 Å². The molecule has 158 valence electrons. The minimum Gasteiger partial charge on any atom is -0.440 e. The topological polar surface area (TPSA) is 79.3 Å². The van der Waals surface area contributed by atoms with Crippen LogP contribution in [0.2, 0.25) is 0 Å². The molecular formula is C20H22F2N6O2. The van der Waals surface area contributed by atoms with Crippen LogP contribution in [0.3, 0.4) is 0 Å². The molecule has 1 saturated heterocycles. The maximum Gasteiger partial charge on any atom is 0.410 e. The van der Waals surface area contributed by atoms with Gasteiger partial charge in [-0.25, -0.2) is 18.6 Å². The third kappa shape index (κ3) is 3.25. The number of nitrogens with zero attached hydrogens (tertiary/aromatic N) is 5. The van der Waals surface area contributed by atoms with Gasteiger partial charge in [-0.15, -0.1) is 0 Å². The lowest BCUT2D eigenvalue weighted by Crippen LogP contribution is -2.53. The van der Waals surface area contributed by atoms with Gasteiger partial charge >= 0.3 is 6.09 Å². The molecule has 8 nitrogen and oxygen atoms in total. The number of hydrogen-bond donors (Lipinski definition) is 1. The molecule has 2 aliphatic rings. The summed E-state index contributed by atoms with van der Waals surface area (Å²) in [4.78, 5) is 23.7. The third-order valence-corrected chi connectivity index (χ3v) is 5.86. The van der Waals surface area contributed by atoms with Crippen molar-refractivity contribution >= 4 is 22.8 Å². The number of anilines is 1. The van der Waals surface area contributed by atoms with Crippen LogP contribution < -0.4 is 4.90 Å². The number of pyridine rings is 1. The number of alkyl halides is 2. The number of carbonyl (C=O) groups is 1. The van der Waals surface area contributed by atoms with Crippen molar-refractivity contribution in [3.63, 3.8) is 0 Å². The highest BCUT2D eigenvalue weighted by atomic mass is 19.3. The van der Waals surface area contributed by atoms with Gasteiger partial charge in [0.1, 0.15) is 5.65 Å². The molecule has 1 amide bonds. The molecule has 0 radical (unpaired) electrons. The molecule has 0 unspecified atom stereocenters. The molecule has 4 heterocycles. The van der Waals surface area contributed by atoms with Gasteiger partial charge in [-0.2, -0.15) is 5.10 Å². The van der Waals surface area contributed by atoms with Gasteiger partial charge in [0.05, 0.1) is 11.9 Å². The average molecular weight is 416 g/mol. The Morgan fingerprint density at radius 2 is 2.10 bits per heavy atom. The molecule has 10 heteroatoms. The average Bonchev–Trinajstić information content (AvgIpc) is 3.37. The van der Waals surface area contributed by atoms with E-state index in [-0.39, 0.29) is 12.8 Å². The van der Waals surface area contributed by atoms with Crippen LogP contribution in [0.25, 0.3) is 22.3 Å². The first-order chi connectivity index (χ1) is 14.4. The van der Waals surface area contributed by atoms with E-state index in [0.717, 1.165) is 28.0 Å². The van der Waals surface area contributed by atoms with E-state index in [9.17, 15) is 13.6 Å². The summed E-state index contributed by atoms with van der Waals surface area (Å²) in [5, 5.41) is 5.20. The number of piperazine rings is 1. The minimum atomic E-state index is -2.89. The lowest BCUT2D eigenvalue weighted by atomic mass is 9.91. The predicted octanol–water partition coefficient (Wildman–Crippen LogP) is 3.02. The van der Waals surface area contributed by atoms with Crippen LogP contribution in [0, 0.1) is 0 Å². The molecule has 1 aliphatic heterocycles. The standard InChI is InChI=1S/C20H22F2N6O2/c1-26-12-13(11-24-26)15-10-14-16(3-5-23-18(14)25-15)27-6-8-28(9-7-27)19(29)30-17-2-4-20(17,21)22/h3,5,10-12,17H,2,4,6-9H2,1H3,(H,23,25)/t17-/m0/s1. The van der Waals surface area contributed by atoms with Crippen molar-refractivity contribution in [1.29, 1.82) is 0 Å². The highest BCUT2D eigenvalue weighted by Crippen LogP contribution is 2.40. The van der Waals surface area contributed by atoms with Gasteiger partial charge in [0.2, 0.25) is 0 Å². The summed E-state index contributed by atoms with van der Waals surface area (Å²) in [6, 6.07) is 4.00. The van der Waals surface area contributed by atoms with Crippen molar-refractivity contribution < 1.29 is 18.3 Å². The number of aryl methyl sites for hydroxylation is 1. The van der Waals surface area contributed by atoms with E-state index in [1.807, 2.05) is 25.4 Å². The maximum absolute atomic E-state index is 13.4. The number of carbonyl (C=O) groups excluding carboxylic acids is 1. The highest BCUT2D eigenvalue weighted by Gasteiger charge is 2.51.